The Labute approximate surface area is 221 Å². The molecule has 1 aromatic heterocycles. The van der Waals surface area contributed by atoms with Crippen LogP contribution in [0.25, 0.3) is 10.9 Å². The van der Waals surface area contributed by atoms with Crippen molar-refractivity contribution in [3.05, 3.63) is 78.6 Å². The monoisotopic (exact) mass is 535 g/mol. The topological polar surface area (TPSA) is 109 Å². The van der Waals surface area contributed by atoms with Crippen molar-refractivity contribution in [1.29, 1.82) is 0 Å². The molecule has 0 aliphatic heterocycles. The molecule has 1 heterocycles. The zero-order valence-corrected chi connectivity index (χ0v) is 22.4. The highest BCUT2D eigenvalue weighted by Gasteiger charge is 2.28. The first kappa shape index (κ1) is 27.3. The molecule has 0 unspecified atom stereocenters. The molecule has 1 N–H and O–H groups in total. The summed E-state index contributed by atoms with van der Waals surface area (Å²) in [6.45, 7) is 3.80. The molecule has 0 fully saturated rings. The van der Waals surface area contributed by atoms with Crippen LogP contribution in [0.15, 0.2) is 73.1 Å². The third kappa shape index (κ3) is 6.95. The minimum atomic E-state index is -3.50. The molecule has 0 aliphatic carbocycles. The first-order valence-corrected chi connectivity index (χ1v) is 14.0. The minimum Gasteiger partial charge on any atom is -0.496 e. The minimum absolute atomic E-state index is 0.0108. The van der Waals surface area contributed by atoms with E-state index in [2.05, 4.69) is 15.3 Å². The van der Waals surface area contributed by atoms with Gasteiger partial charge in [0, 0.05) is 29.1 Å². The van der Waals surface area contributed by atoms with E-state index in [1.54, 1.807) is 19.9 Å². The molecule has 0 saturated heterocycles. The molecule has 0 amide bonds. The van der Waals surface area contributed by atoms with Gasteiger partial charge in [-0.15, -0.1) is 0 Å². The smallest absolute Gasteiger partial charge is 0.338 e. The van der Waals surface area contributed by atoms with Gasteiger partial charge < -0.3 is 23.8 Å². The fraction of sp³-hybridized carbons (Fsp3) is 0.250. The van der Waals surface area contributed by atoms with Gasteiger partial charge >= 0.3 is 7.60 Å². The highest BCUT2D eigenvalue weighted by molar-refractivity contribution is 7.54. The number of aromatic nitrogens is 2. The van der Waals surface area contributed by atoms with Crippen molar-refractivity contribution in [2.45, 2.75) is 20.3 Å². The van der Waals surface area contributed by atoms with E-state index in [0.29, 0.717) is 33.8 Å². The zero-order chi connectivity index (χ0) is 27.0. The molecular weight excluding hydrogens is 505 g/mol. The lowest BCUT2D eigenvalue weighted by molar-refractivity contribution is -0.116. The first-order chi connectivity index (χ1) is 18.4. The quantitative estimate of drug-likeness (QED) is 0.191. The summed E-state index contributed by atoms with van der Waals surface area (Å²) < 4.78 is 34.8. The Kier molecular flexibility index (Phi) is 9.07. The number of ether oxygens (including phenoxy) is 2. The number of nitrogens with one attached hydrogen (secondary N) is 1. The predicted molar refractivity (Wildman–Crippen MR) is 147 cm³/mol. The average Bonchev–Trinajstić information content (AvgIpc) is 2.90. The van der Waals surface area contributed by atoms with Gasteiger partial charge in [0.25, 0.3) is 0 Å². The second kappa shape index (κ2) is 12.6. The summed E-state index contributed by atoms with van der Waals surface area (Å²) in [5.41, 5.74) is 2.07. The second-order valence-electron chi connectivity index (χ2n) is 8.29. The Morgan fingerprint density at radius 2 is 1.61 bits per heavy atom. The lowest BCUT2D eigenvalue weighted by Crippen LogP contribution is -2.13. The summed E-state index contributed by atoms with van der Waals surface area (Å²) in [6, 6.07) is 20.6. The normalized spacial score (nSPS) is 11.3. The van der Waals surface area contributed by atoms with Gasteiger partial charge in [-0.2, -0.15) is 0 Å². The van der Waals surface area contributed by atoms with Crippen LogP contribution >= 0.6 is 7.60 Å². The molecule has 198 valence electrons. The lowest BCUT2D eigenvalue weighted by atomic mass is 10.0. The van der Waals surface area contributed by atoms with Gasteiger partial charge in [0.05, 0.1) is 25.8 Å². The highest BCUT2D eigenvalue weighted by atomic mass is 31.2. The van der Waals surface area contributed by atoms with E-state index in [0.717, 1.165) is 11.4 Å². The lowest BCUT2D eigenvalue weighted by Gasteiger charge is -2.17. The van der Waals surface area contributed by atoms with Crippen molar-refractivity contribution < 1.29 is 27.9 Å². The molecule has 0 spiro atoms. The van der Waals surface area contributed by atoms with Crippen molar-refractivity contribution >= 4 is 35.8 Å². The van der Waals surface area contributed by atoms with Gasteiger partial charge in [0.15, 0.2) is 0 Å². The van der Waals surface area contributed by atoms with Crippen molar-refractivity contribution in [1.82, 2.24) is 9.97 Å². The van der Waals surface area contributed by atoms with Gasteiger partial charge in [-0.25, -0.2) is 9.97 Å². The van der Waals surface area contributed by atoms with Gasteiger partial charge in [0.2, 0.25) is 0 Å². The molecule has 0 radical (unpaired) electrons. The number of ketones is 1. The third-order valence-electron chi connectivity index (χ3n) is 5.54. The standard InChI is InChI=1S/C28H30N3O6P/c1-4-35-38(33,36-5-2)18-22(32)15-20-16-25-26(17-27(20)34-3)29-19-30-28(25)31-21-11-13-24(14-12-21)37-23-9-7-6-8-10-23/h6-14,16-17,19H,4-5,15,18H2,1-3H3,(H,29,30,31). The van der Waals surface area contributed by atoms with E-state index in [1.165, 1.54) is 13.4 Å². The summed E-state index contributed by atoms with van der Waals surface area (Å²) in [5, 5.41) is 4.02. The maximum absolute atomic E-state index is 12.9. The Balaban J connectivity index is 1.55. The Bertz CT molecular complexity index is 1420. The molecule has 9 nitrogen and oxygen atoms in total. The van der Waals surface area contributed by atoms with Gasteiger partial charge in [-0.05, 0) is 56.3 Å². The maximum atomic E-state index is 12.9. The summed E-state index contributed by atoms with van der Waals surface area (Å²) in [4.78, 5) is 21.6. The molecule has 0 saturated carbocycles. The van der Waals surface area contributed by atoms with Crippen molar-refractivity contribution in [2.24, 2.45) is 0 Å². The van der Waals surface area contributed by atoms with Gasteiger partial charge in [0.1, 0.15) is 41.3 Å². The molecule has 0 atom stereocenters. The fourth-order valence-corrected chi connectivity index (χ4v) is 5.52. The second-order valence-corrected chi connectivity index (χ2v) is 10.3. The largest absolute Gasteiger partial charge is 0.496 e. The predicted octanol–water partition coefficient (Wildman–Crippen LogP) is 6.55. The Morgan fingerprint density at radius 1 is 0.921 bits per heavy atom. The number of fused-ring (bicyclic) bond motifs is 1. The van der Waals surface area contributed by atoms with Crippen molar-refractivity contribution in [3.8, 4) is 17.2 Å². The number of Topliss-reactive ketones (excluding diaryl/α,β-unsaturated/α-hetero) is 1. The molecule has 0 aliphatic rings. The highest BCUT2D eigenvalue weighted by Crippen LogP contribution is 2.48. The molecule has 4 aromatic rings. The van der Waals surface area contributed by atoms with Crippen LogP contribution in [0.5, 0.6) is 17.2 Å². The number of benzene rings is 3. The van der Waals surface area contributed by atoms with Crippen LogP contribution in [0, 0.1) is 0 Å². The summed E-state index contributed by atoms with van der Waals surface area (Å²) in [7, 11) is -1.98. The van der Waals surface area contributed by atoms with E-state index < -0.39 is 7.60 Å². The number of para-hydroxylation sites is 1. The van der Waals surface area contributed by atoms with Crippen LogP contribution < -0.4 is 14.8 Å². The average molecular weight is 536 g/mol. The van der Waals surface area contributed by atoms with E-state index >= 15 is 0 Å². The molecular formula is C28H30N3O6P. The van der Waals surface area contributed by atoms with Crippen LogP contribution in [0.2, 0.25) is 0 Å². The van der Waals surface area contributed by atoms with E-state index in [4.69, 9.17) is 18.5 Å². The summed E-state index contributed by atoms with van der Waals surface area (Å²) >= 11 is 0. The maximum Gasteiger partial charge on any atom is 0.338 e. The molecule has 10 heteroatoms. The molecule has 38 heavy (non-hydrogen) atoms. The van der Waals surface area contributed by atoms with Gasteiger partial charge in [-0.3, -0.25) is 9.36 Å². The number of methoxy groups -OCH3 is 1. The number of nitrogens with zero attached hydrogens (tertiary/aromatic N) is 2. The third-order valence-corrected chi connectivity index (χ3v) is 7.59. The SMILES string of the molecule is CCOP(=O)(CC(=O)Cc1cc2c(Nc3ccc(Oc4ccccc4)cc3)ncnc2cc1OC)OCC. The van der Waals surface area contributed by atoms with Crippen LogP contribution in [0.1, 0.15) is 19.4 Å². The Hall–Kier alpha value is -3.78. The molecule has 4 rings (SSSR count). The van der Waals surface area contributed by atoms with Gasteiger partial charge in [-0.1, -0.05) is 18.2 Å². The zero-order valence-electron chi connectivity index (χ0n) is 21.5. The molecule has 3 aromatic carbocycles. The number of rotatable bonds is 13. The van der Waals surface area contributed by atoms with Crippen molar-refractivity contribution in [3.63, 3.8) is 0 Å². The Morgan fingerprint density at radius 3 is 2.26 bits per heavy atom. The summed E-state index contributed by atoms with van der Waals surface area (Å²) in [6.07, 6.45) is 1.13. The van der Waals surface area contributed by atoms with E-state index in [9.17, 15) is 9.36 Å². The number of hydrogen-bond acceptors (Lipinski definition) is 9. The number of carbonyl (C=O) groups excluding carboxylic acids is 1. The number of carbonyl (C=O) groups is 1. The molecule has 0 bridgehead atoms. The van der Waals surface area contributed by atoms with E-state index in [1.807, 2.05) is 60.7 Å². The van der Waals surface area contributed by atoms with E-state index in [-0.39, 0.29) is 31.6 Å². The number of anilines is 2. The van der Waals surface area contributed by atoms with Crippen LogP contribution in [-0.4, -0.2) is 42.2 Å². The van der Waals surface area contributed by atoms with Crippen LogP contribution in [-0.2, 0) is 24.8 Å². The van der Waals surface area contributed by atoms with Crippen LogP contribution in [0.3, 0.4) is 0 Å². The van der Waals surface area contributed by atoms with Crippen LogP contribution in [0.4, 0.5) is 11.5 Å². The fourth-order valence-electron chi connectivity index (χ4n) is 3.93. The first-order valence-electron chi connectivity index (χ1n) is 12.2. The summed E-state index contributed by atoms with van der Waals surface area (Å²) in [5.74, 6) is 2.24. The number of hydrogen-bond donors (Lipinski definition) is 1. The van der Waals surface area contributed by atoms with Crippen molar-refractivity contribution in [2.75, 3.05) is 31.8 Å².